The second kappa shape index (κ2) is 8.83. The van der Waals surface area contributed by atoms with Crippen LogP contribution in [-0.2, 0) is 11.3 Å². The van der Waals surface area contributed by atoms with Crippen molar-refractivity contribution in [1.82, 2.24) is 19.6 Å². The van der Waals surface area contributed by atoms with Gasteiger partial charge in [-0.15, -0.1) is 0 Å². The molecule has 31 heavy (non-hydrogen) atoms. The molecule has 1 saturated heterocycles. The van der Waals surface area contributed by atoms with Crippen LogP contribution in [0.4, 0.5) is 4.79 Å². The quantitative estimate of drug-likeness (QED) is 0.638. The third-order valence-electron chi connectivity index (χ3n) is 6.88. The summed E-state index contributed by atoms with van der Waals surface area (Å²) < 4.78 is 1.31. The number of fused-ring (bicyclic) bond motifs is 1. The molecule has 1 aromatic carbocycles. The summed E-state index contributed by atoms with van der Waals surface area (Å²) in [7, 11) is 0. The van der Waals surface area contributed by atoms with Crippen LogP contribution in [-0.4, -0.2) is 50.6 Å². The molecule has 1 aliphatic carbocycles. The highest BCUT2D eigenvalue weighted by molar-refractivity contribution is 6.30. The van der Waals surface area contributed by atoms with Crippen molar-refractivity contribution in [2.24, 2.45) is 11.3 Å². The third-order valence-corrected chi connectivity index (χ3v) is 7.31. The number of hydrogen-bond donors (Lipinski definition) is 0. The Labute approximate surface area is 193 Å². The van der Waals surface area contributed by atoms with Crippen LogP contribution in [0.15, 0.2) is 36.7 Å². The van der Waals surface area contributed by atoms with Crippen molar-refractivity contribution in [1.29, 1.82) is 0 Å². The zero-order valence-electron chi connectivity index (χ0n) is 17.9. The normalized spacial score (nSPS) is 25.7. The average Bonchev–Trinajstić information content (AvgIpc) is 3.24. The molecule has 0 bridgehead atoms. The number of aromatic nitrogens is 2. The number of carbonyl (C=O) groups excluding carboxylic acids is 2. The Morgan fingerprint density at radius 3 is 2.74 bits per heavy atom. The molecule has 0 spiro atoms. The van der Waals surface area contributed by atoms with Gasteiger partial charge in [0.2, 0.25) is 5.91 Å². The number of nitrogens with zero attached hydrogens (tertiary/aromatic N) is 4. The smallest absolute Gasteiger partial charge is 0.336 e. The minimum atomic E-state index is -0.139. The molecule has 1 aliphatic heterocycles. The van der Waals surface area contributed by atoms with E-state index in [1.165, 1.54) is 10.9 Å². The topological polar surface area (TPSA) is 58.4 Å². The van der Waals surface area contributed by atoms with E-state index < -0.39 is 0 Å². The Morgan fingerprint density at radius 2 is 2.06 bits per heavy atom. The Balaban J connectivity index is 1.51. The van der Waals surface area contributed by atoms with Crippen LogP contribution in [0.1, 0.15) is 45.1 Å². The van der Waals surface area contributed by atoms with Crippen LogP contribution in [0, 0.1) is 11.3 Å². The number of amides is 2. The Kier molecular flexibility index (Phi) is 6.31. The molecule has 0 N–H and O–H groups in total. The van der Waals surface area contributed by atoms with Crippen molar-refractivity contribution in [2.45, 2.75) is 52.1 Å². The first-order chi connectivity index (χ1) is 14.7. The summed E-state index contributed by atoms with van der Waals surface area (Å²) in [4.78, 5) is 29.4. The fourth-order valence-corrected chi connectivity index (χ4v) is 5.67. The maximum atomic E-state index is 12.9. The Morgan fingerprint density at radius 1 is 1.26 bits per heavy atom. The lowest BCUT2D eigenvalue weighted by atomic mass is 9.75. The summed E-state index contributed by atoms with van der Waals surface area (Å²) >= 11 is 12.1. The molecule has 4 rings (SSSR count). The van der Waals surface area contributed by atoms with Crippen molar-refractivity contribution in [2.75, 3.05) is 13.1 Å². The minimum absolute atomic E-state index is 0.0458. The van der Waals surface area contributed by atoms with Gasteiger partial charge in [-0.05, 0) is 48.3 Å². The summed E-state index contributed by atoms with van der Waals surface area (Å²) in [5, 5.41) is 5.20. The predicted octanol–water partition coefficient (Wildman–Crippen LogP) is 5.09. The van der Waals surface area contributed by atoms with Gasteiger partial charge in [0.15, 0.2) is 0 Å². The number of hydrogen-bond acceptors (Lipinski definition) is 3. The lowest BCUT2D eigenvalue weighted by Gasteiger charge is -2.37. The van der Waals surface area contributed by atoms with Crippen LogP contribution in [0.2, 0.25) is 10.0 Å². The van der Waals surface area contributed by atoms with Crippen LogP contribution < -0.4 is 0 Å². The number of halogens is 2. The fourth-order valence-electron chi connectivity index (χ4n) is 5.32. The number of benzene rings is 1. The molecule has 6 nitrogen and oxygen atoms in total. The molecule has 1 aromatic heterocycles. The highest BCUT2D eigenvalue weighted by Gasteiger charge is 2.48. The van der Waals surface area contributed by atoms with E-state index in [9.17, 15) is 9.59 Å². The third kappa shape index (κ3) is 4.75. The van der Waals surface area contributed by atoms with Crippen LogP contribution in [0.3, 0.4) is 0 Å². The second-order valence-corrected chi connectivity index (χ2v) is 10.1. The second-order valence-electron chi connectivity index (χ2n) is 9.18. The van der Waals surface area contributed by atoms with Crippen molar-refractivity contribution in [3.63, 3.8) is 0 Å². The fraction of sp³-hybridized carbons (Fsp3) is 0.522. The molecule has 0 unspecified atom stereocenters. The van der Waals surface area contributed by atoms with Gasteiger partial charge in [-0.1, -0.05) is 48.7 Å². The summed E-state index contributed by atoms with van der Waals surface area (Å²) in [5.41, 5.74) is 0.989. The zero-order chi connectivity index (χ0) is 22.2. The van der Waals surface area contributed by atoms with Crippen molar-refractivity contribution >= 4 is 35.1 Å². The summed E-state index contributed by atoms with van der Waals surface area (Å²) in [6.07, 6.45) is 6.98. The lowest BCUT2D eigenvalue weighted by molar-refractivity contribution is -0.132. The van der Waals surface area contributed by atoms with Gasteiger partial charge in [-0.2, -0.15) is 9.78 Å². The minimum Gasteiger partial charge on any atom is -0.336 e. The highest BCUT2D eigenvalue weighted by atomic mass is 35.5. The molecule has 2 aromatic rings. The maximum Gasteiger partial charge on any atom is 0.344 e. The molecule has 0 radical (unpaired) electrons. The molecule has 166 valence electrons. The zero-order valence-corrected chi connectivity index (χ0v) is 19.4. The van der Waals surface area contributed by atoms with Gasteiger partial charge in [-0.3, -0.25) is 4.79 Å². The van der Waals surface area contributed by atoms with E-state index in [1.807, 2.05) is 34.1 Å². The maximum absolute atomic E-state index is 12.9. The molecule has 2 amide bonds. The SMILES string of the molecule is CC(=O)N(Cc1cccc(Cl)c1)[C@H]1CCC[C@@H]2CN(C(=O)n3cc(Cl)cn3)C[C@@]2(C)C1. The van der Waals surface area contributed by atoms with Gasteiger partial charge in [0.1, 0.15) is 0 Å². The molecule has 2 heterocycles. The van der Waals surface area contributed by atoms with E-state index in [2.05, 4.69) is 12.0 Å². The molecule has 1 saturated carbocycles. The van der Waals surface area contributed by atoms with Crippen molar-refractivity contribution in [3.8, 4) is 0 Å². The van der Waals surface area contributed by atoms with E-state index in [-0.39, 0.29) is 23.4 Å². The average molecular weight is 463 g/mol. The lowest BCUT2D eigenvalue weighted by Crippen LogP contribution is -2.42. The van der Waals surface area contributed by atoms with E-state index in [4.69, 9.17) is 23.2 Å². The summed E-state index contributed by atoms with van der Waals surface area (Å²) in [5.74, 6) is 0.483. The van der Waals surface area contributed by atoms with Gasteiger partial charge < -0.3 is 9.80 Å². The first kappa shape index (κ1) is 22.2. The predicted molar refractivity (Wildman–Crippen MR) is 121 cm³/mol. The molecule has 3 atom stereocenters. The molecular formula is C23H28Cl2N4O2. The van der Waals surface area contributed by atoms with Gasteiger partial charge in [0.25, 0.3) is 0 Å². The van der Waals surface area contributed by atoms with Crippen molar-refractivity contribution < 1.29 is 9.59 Å². The summed E-state index contributed by atoms with van der Waals surface area (Å²) in [6, 6.07) is 7.69. The Bertz CT molecular complexity index is 978. The molecular weight excluding hydrogens is 435 g/mol. The van der Waals surface area contributed by atoms with E-state index in [0.29, 0.717) is 35.6 Å². The van der Waals surface area contributed by atoms with E-state index in [1.54, 1.807) is 13.1 Å². The van der Waals surface area contributed by atoms with E-state index >= 15 is 0 Å². The first-order valence-corrected chi connectivity index (χ1v) is 11.5. The van der Waals surface area contributed by atoms with Gasteiger partial charge >= 0.3 is 6.03 Å². The Hall–Kier alpha value is -2.05. The van der Waals surface area contributed by atoms with Crippen LogP contribution in [0.5, 0.6) is 0 Å². The standard InChI is InChI=1S/C23H28Cl2N4O2/c1-16(30)28(12-17-5-3-7-19(24)9-17)21-8-4-6-18-13-27(15-23(18,2)10-21)22(31)29-14-20(25)11-26-29/h3,5,7,9,11,14,18,21H,4,6,8,10,12-13,15H2,1-2H3/t18-,21+,23-/m1/s1. The van der Waals surface area contributed by atoms with E-state index in [0.717, 1.165) is 31.2 Å². The van der Waals surface area contributed by atoms with Crippen LogP contribution >= 0.6 is 23.2 Å². The van der Waals surface area contributed by atoms with Crippen molar-refractivity contribution in [3.05, 3.63) is 52.3 Å². The van der Waals surface area contributed by atoms with Crippen LogP contribution in [0.25, 0.3) is 0 Å². The first-order valence-electron chi connectivity index (χ1n) is 10.8. The number of carbonyl (C=O) groups is 2. The monoisotopic (exact) mass is 462 g/mol. The highest BCUT2D eigenvalue weighted by Crippen LogP contribution is 2.46. The molecule has 2 fully saturated rings. The molecule has 2 aliphatic rings. The summed E-state index contributed by atoms with van der Waals surface area (Å²) in [6.45, 7) is 5.83. The van der Waals surface area contributed by atoms with Gasteiger partial charge in [-0.25, -0.2) is 4.79 Å². The van der Waals surface area contributed by atoms with Gasteiger partial charge in [0, 0.05) is 37.6 Å². The number of rotatable bonds is 3. The number of likely N-dealkylation sites (tertiary alicyclic amines) is 1. The van der Waals surface area contributed by atoms with Gasteiger partial charge in [0.05, 0.1) is 17.4 Å². The molecule has 8 heteroatoms. The largest absolute Gasteiger partial charge is 0.344 e.